The first-order chi connectivity index (χ1) is 18.9. The van der Waals surface area contributed by atoms with Gasteiger partial charge in [-0.1, -0.05) is 19.1 Å². The molecular weight excluding hydrogens is 528 g/mol. The van der Waals surface area contributed by atoms with Gasteiger partial charge in [0.05, 0.1) is 21.7 Å². The summed E-state index contributed by atoms with van der Waals surface area (Å²) in [6, 6.07) is 12.2. The Bertz CT molecular complexity index is 1520. The number of hydrogen-bond donors (Lipinski definition) is 1. The highest BCUT2D eigenvalue weighted by atomic mass is 32.2. The molecule has 1 atom stereocenters. The molecule has 2 amide bonds. The van der Waals surface area contributed by atoms with E-state index in [-0.39, 0.29) is 22.6 Å². The van der Waals surface area contributed by atoms with Crippen molar-refractivity contribution < 1.29 is 22.7 Å². The monoisotopic (exact) mass is 566 g/mol. The summed E-state index contributed by atoms with van der Waals surface area (Å²) in [5.41, 5.74) is 2.64. The Morgan fingerprint density at radius 3 is 2.45 bits per heavy atom. The van der Waals surface area contributed by atoms with Crippen LogP contribution in [0.15, 0.2) is 47.4 Å². The molecule has 9 nitrogen and oxygen atoms in total. The van der Waals surface area contributed by atoms with Gasteiger partial charge in [0.1, 0.15) is 11.4 Å². The minimum atomic E-state index is -3.25. The first-order valence-corrected chi connectivity index (χ1v) is 15.7. The number of sulfone groups is 1. The zero-order valence-electron chi connectivity index (χ0n) is 23.6. The van der Waals surface area contributed by atoms with Crippen molar-refractivity contribution in [3.63, 3.8) is 0 Å². The fourth-order valence-corrected chi connectivity index (χ4v) is 6.02. The van der Waals surface area contributed by atoms with Crippen LogP contribution in [0, 0.1) is 5.92 Å². The van der Waals surface area contributed by atoms with E-state index in [9.17, 15) is 18.0 Å². The molecule has 2 fully saturated rings. The van der Waals surface area contributed by atoms with Gasteiger partial charge < -0.3 is 19.5 Å². The standard InChI is InChI=1S/C30H38N4O5S/c1-5-40(37,38)24-11-6-20(7-12-24)17-31-28(35)23-10-13-26-25(16-23)32-27(22-8-9-22)34(26)19-21-14-15-33(18-21)29(36)39-30(2,3)4/h6-7,10-13,16,21-22H,5,8-9,14-15,17-19H2,1-4H3,(H,31,35). The van der Waals surface area contributed by atoms with E-state index in [1.54, 1.807) is 36.1 Å². The first kappa shape index (κ1) is 28.1. The summed E-state index contributed by atoms with van der Waals surface area (Å²) >= 11 is 0. The number of carbonyl (C=O) groups is 2. The number of nitrogens with one attached hydrogen (secondary N) is 1. The van der Waals surface area contributed by atoms with Crippen molar-refractivity contribution in [2.24, 2.45) is 5.92 Å². The molecular formula is C30H38N4O5S. The number of hydrogen-bond acceptors (Lipinski definition) is 6. The molecule has 0 bridgehead atoms. The molecule has 1 saturated heterocycles. The Balaban J connectivity index is 1.27. The molecule has 0 spiro atoms. The van der Waals surface area contributed by atoms with Gasteiger partial charge in [0.15, 0.2) is 9.84 Å². The minimum absolute atomic E-state index is 0.0506. The maximum Gasteiger partial charge on any atom is 0.410 e. The number of imidazole rings is 1. The van der Waals surface area contributed by atoms with Crippen LogP contribution >= 0.6 is 0 Å². The van der Waals surface area contributed by atoms with E-state index in [1.165, 1.54) is 0 Å². The Morgan fingerprint density at radius 1 is 1.07 bits per heavy atom. The Morgan fingerprint density at radius 2 is 1.80 bits per heavy atom. The zero-order valence-corrected chi connectivity index (χ0v) is 24.5. The average Bonchev–Trinajstić information content (AvgIpc) is 3.54. The maximum atomic E-state index is 13.0. The lowest BCUT2D eigenvalue weighted by Crippen LogP contribution is -2.35. The number of carbonyl (C=O) groups excluding carboxylic acids is 2. The van der Waals surface area contributed by atoms with Gasteiger partial charge in [-0.25, -0.2) is 18.2 Å². The van der Waals surface area contributed by atoms with Crippen LogP contribution in [0.4, 0.5) is 4.79 Å². The summed E-state index contributed by atoms with van der Waals surface area (Å²) in [6.07, 6.45) is 2.88. The highest BCUT2D eigenvalue weighted by Gasteiger charge is 2.33. The van der Waals surface area contributed by atoms with Gasteiger partial charge in [-0.3, -0.25) is 4.79 Å². The van der Waals surface area contributed by atoms with Gasteiger partial charge in [-0.05, 0) is 81.8 Å². The minimum Gasteiger partial charge on any atom is -0.444 e. The van der Waals surface area contributed by atoms with Gasteiger partial charge in [0.2, 0.25) is 0 Å². The van der Waals surface area contributed by atoms with Crippen molar-refractivity contribution in [2.45, 2.75) is 76.5 Å². The second kappa shape index (κ2) is 10.9. The normalized spacial score (nSPS) is 17.8. The van der Waals surface area contributed by atoms with E-state index in [2.05, 4.69) is 9.88 Å². The lowest BCUT2D eigenvalue weighted by molar-refractivity contribution is 0.0287. The molecule has 1 aromatic heterocycles. The molecule has 2 aliphatic rings. The summed E-state index contributed by atoms with van der Waals surface area (Å²) in [5, 5.41) is 2.93. The summed E-state index contributed by atoms with van der Waals surface area (Å²) in [7, 11) is -3.25. The third kappa shape index (κ3) is 6.32. The van der Waals surface area contributed by atoms with Crippen molar-refractivity contribution in [3.05, 3.63) is 59.4 Å². The van der Waals surface area contributed by atoms with Crippen LogP contribution in [0.25, 0.3) is 11.0 Å². The third-order valence-corrected chi connectivity index (χ3v) is 9.23. The SMILES string of the molecule is CCS(=O)(=O)c1ccc(CNC(=O)c2ccc3c(c2)nc(C2CC2)n3CC2CCN(C(=O)OC(C)(C)C)C2)cc1. The van der Waals surface area contributed by atoms with E-state index in [0.717, 1.165) is 48.2 Å². The van der Waals surface area contributed by atoms with E-state index in [1.807, 2.05) is 39.0 Å². The number of nitrogens with zero attached hydrogens (tertiary/aromatic N) is 3. The summed E-state index contributed by atoms with van der Waals surface area (Å²) in [6.45, 7) is 9.67. The van der Waals surface area contributed by atoms with E-state index >= 15 is 0 Å². The summed E-state index contributed by atoms with van der Waals surface area (Å²) in [5.74, 6) is 1.65. The van der Waals surface area contributed by atoms with Crippen LogP contribution in [-0.4, -0.2) is 59.3 Å². The quantitative estimate of drug-likeness (QED) is 0.416. The first-order valence-electron chi connectivity index (χ1n) is 14.0. The van der Waals surface area contributed by atoms with Gasteiger partial charge in [0, 0.05) is 37.7 Å². The van der Waals surface area contributed by atoms with Gasteiger partial charge in [-0.2, -0.15) is 0 Å². The van der Waals surface area contributed by atoms with Crippen LogP contribution in [0.1, 0.15) is 74.6 Å². The van der Waals surface area contributed by atoms with Crippen LogP contribution in [0.2, 0.25) is 0 Å². The molecule has 10 heteroatoms. The number of amides is 2. The van der Waals surface area contributed by atoms with Crippen molar-refractivity contribution in [1.29, 1.82) is 0 Å². The highest BCUT2D eigenvalue weighted by molar-refractivity contribution is 7.91. The number of rotatable bonds is 8. The average molecular weight is 567 g/mol. The van der Waals surface area contributed by atoms with Crippen molar-refractivity contribution in [1.82, 2.24) is 19.8 Å². The van der Waals surface area contributed by atoms with E-state index in [0.29, 0.717) is 37.0 Å². The smallest absolute Gasteiger partial charge is 0.410 e. The van der Waals surface area contributed by atoms with E-state index < -0.39 is 15.4 Å². The maximum absolute atomic E-state index is 13.0. The van der Waals surface area contributed by atoms with Crippen molar-refractivity contribution in [3.8, 4) is 0 Å². The van der Waals surface area contributed by atoms with Gasteiger partial charge in [0.25, 0.3) is 5.91 Å². The third-order valence-electron chi connectivity index (χ3n) is 7.48. The molecule has 2 aromatic carbocycles. The van der Waals surface area contributed by atoms with Crippen molar-refractivity contribution >= 4 is 32.9 Å². The van der Waals surface area contributed by atoms with Crippen LogP contribution < -0.4 is 5.32 Å². The predicted molar refractivity (Wildman–Crippen MR) is 153 cm³/mol. The van der Waals surface area contributed by atoms with Crippen LogP contribution in [-0.2, 0) is 27.7 Å². The number of likely N-dealkylation sites (tertiary alicyclic amines) is 1. The number of aromatic nitrogens is 2. The largest absolute Gasteiger partial charge is 0.444 e. The van der Waals surface area contributed by atoms with Crippen molar-refractivity contribution in [2.75, 3.05) is 18.8 Å². The topological polar surface area (TPSA) is 111 Å². The predicted octanol–water partition coefficient (Wildman–Crippen LogP) is 4.89. The van der Waals surface area contributed by atoms with Gasteiger partial charge in [-0.15, -0.1) is 0 Å². The summed E-state index contributed by atoms with van der Waals surface area (Å²) in [4.78, 5) is 32.5. The Hall–Kier alpha value is -3.40. The Labute approximate surface area is 235 Å². The number of benzene rings is 2. The lowest BCUT2D eigenvalue weighted by Gasteiger charge is -2.24. The molecule has 40 heavy (non-hydrogen) atoms. The molecule has 1 unspecified atom stereocenters. The zero-order chi connectivity index (χ0) is 28.7. The molecule has 5 rings (SSSR count). The van der Waals surface area contributed by atoms with Crippen LogP contribution in [0.3, 0.4) is 0 Å². The molecule has 1 saturated carbocycles. The fraction of sp³-hybridized carbons (Fsp3) is 0.500. The van der Waals surface area contributed by atoms with Gasteiger partial charge >= 0.3 is 6.09 Å². The number of ether oxygens (including phenoxy) is 1. The molecule has 0 radical (unpaired) electrons. The van der Waals surface area contributed by atoms with Crippen LogP contribution in [0.5, 0.6) is 0 Å². The highest BCUT2D eigenvalue weighted by Crippen LogP contribution is 2.41. The molecule has 3 aromatic rings. The molecule has 214 valence electrons. The molecule has 1 aliphatic heterocycles. The second-order valence-corrected chi connectivity index (χ2v) is 14.1. The second-order valence-electron chi connectivity index (χ2n) is 11.9. The molecule has 1 aliphatic carbocycles. The lowest BCUT2D eigenvalue weighted by atomic mass is 10.1. The fourth-order valence-electron chi connectivity index (χ4n) is 5.13. The Kier molecular flexibility index (Phi) is 7.65. The summed E-state index contributed by atoms with van der Waals surface area (Å²) < 4.78 is 31.9. The molecule has 2 heterocycles. The molecule has 1 N–H and O–H groups in total. The van der Waals surface area contributed by atoms with E-state index in [4.69, 9.17) is 9.72 Å². The number of fused-ring (bicyclic) bond motifs is 1.